The zero-order valence-corrected chi connectivity index (χ0v) is 22.4. The van der Waals surface area contributed by atoms with E-state index >= 15 is 0 Å². The lowest BCUT2D eigenvalue weighted by Crippen LogP contribution is -2.48. The van der Waals surface area contributed by atoms with Gasteiger partial charge in [-0.25, -0.2) is 0 Å². The van der Waals surface area contributed by atoms with E-state index in [1.165, 1.54) is 5.56 Å². The molecular weight excluding hydrogens is 466 g/mol. The summed E-state index contributed by atoms with van der Waals surface area (Å²) in [6.45, 7) is 11.6. The summed E-state index contributed by atoms with van der Waals surface area (Å²) >= 11 is 1.54. The largest absolute Gasteiger partial charge is 0.368 e. The molecule has 0 saturated carbocycles. The van der Waals surface area contributed by atoms with E-state index in [0.717, 1.165) is 40.5 Å². The molecule has 2 amide bonds. The highest BCUT2D eigenvalue weighted by Crippen LogP contribution is 2.26. The maximum Gasteiger partial charge on any atom is 0.253 e. The maximum atomic E-state index is 12.8. The highest BCUT2D eigenvalue weighted by molar-refractivity contribution is 8.00. The van der Waals surface area contributed by atoms with Crippen LogP contribution in [0.25, 0.3) is 0 Å². The summed E-state index contributed by atoms with van der Waals surface area (Å²) < 4.78 is 0. The minimum absolute atomic E-state index is 0.0177. The molecule has 3 aromatic rings. The van der Waals surface area contributed by atoms with Crippen molar-refractivity contribution in [3.8, 4) is 0 Å². The molecule has 1 fully saturated rings. The summed E-state index contributed by atoms with van der Waals surface area (Å²) in [5.41, 5.74) is 5.16. The number of nitrogens with one attached hydrogen (secondary N) is 1. The predicted molar refractivity (Wildman–Crippen MR) is 150 cm³/mol. The quantitative estimate of drug-likeness (QED) is 0.422. The van der Waals surface area contributed by atoms with Crippen LogP contribution in [-0.4, -0.2) is 48.6 Å². The molecular formula is C30H35N3O2S. The van der Waals surface area contributed by atoms with E-state index in [4.69, 9.17) is 0 Å². The van der Waals surface area contributed by atoms with Gasteiger partial charge < -0.3 is 15.1 Å². The van der Waals surface area contributed by atoms with E-state index in [9.17, 15) is 9.59 Å². The fraction of sp³-hybridized carbons (Fsp3) is 0.333. The summed E-state index contributed by atoms with van der Waals surface area (Å²) in [4.78, 5) is 30.6. The molecule has 3 aromatic carbocycles. The van der Waals surface area contributed by atoms with Crippen molar-refractivity contribution in [3.63, 3.8) is 0 Å². The van der Waals surface area contributed by atoms with E-state index in [-0.39, 0.29) is 17.2 Å². The first-order chi connectivity index (χ1) is 17.2. The minimum Gasteiger partial charge on any atom is -0.368 e. The van der Waals surface area contributed by atoms with Gasteiger partial charge in [0.25, 0.3) is 5.91 Å². The number of thioether (sulfide) groups is 1. The topological polar surface area (TPSA) is 52.7 Å². The summed E-state index contributed by atoms with van der Waals surface area (Å²) in [5, 5.41) is 2.99. The SMILES string of the molecule is Cc1cccc(C(=O)N2CCN(c3ccc(NC(=O)CSc4ccc(C(C)(C)C)cc4)cc3)CC2)c1. The van der Waals surface area contributed by atoms with Crippen molar-refractivity contribution in [3.05, 3.63) is 89.5 Å². The van der Waals surface area contributed by atoms with Crippen LogP contribution < -0.4 is 10.2 Å². The zero-order chi connectivity index (χ0) is 25.7. The number of aryl methyl sites for hydroxylation is 1. The molecule has 5 nitrogen and oxygen atoms in total. The molecule has 4 rings (SSSR count). The van der Waals surface area contributed by atoms with E-state index in [1.807, 2.05) is 60.4 Å². The van der Waals surface area contributed by atoms with E-state index < -0.39 is 0 Å². The van der Waals surface area contributed by atoms with Crippen LogP contribution in [0.3, 0.4) is 0 Å². The maximum absolute atomic E-state index is 12.8. The molecule has 0 unspecified atom stereocenters. The fourth-order valence-corrected chi connectivity index (χ4v) is 4.98. The first-order valence-corrected chi connectivity index (χ1v) is 13.4. The van der Waals surface area contributed by atoms with Gasteiger partial charge in [-0.3, -0.25) is 9.59 Å². The number of anilines is 2. The van der Waals surface area contributed by atoms with Gasteiger partial charge in [0, 0.05) is 48.0 Å². The van der Waals surface area contributed by atoms with Crippen LogP contribution in [0.2, 0.25) is 0 Å². The Hall–Kier alpha value is -3.25. The second-order valence-electron chi connectivity index (χ2n) is 10.3. The van der Waals surface area contributed by atoms with Gasteiger partial charge >= 0.3 is 0 Å². The van der Waals surface area contributed by atoms with E-state index in [2.05, 4.69) is 55.3 Å². The predicted octanol–water partition coefficient (Wildman–Crippen LogP) is 5.99. The van der Waals surface area contributed by atoms with E-state index in [0.29, 0.717) is 18.8 Å². The Morgan fingerprint density at radius 3 is 2.17 bits per heavy atom. The van der Waals surface area contributed by atoms with Gasteiger partial charge in [0.1, 0.15) is 0 Å². The third-order valence-corrected chi connectivity index (χ3v) is 7.45. The molecule has 0 aromatic heterocycles. The summed E-state index contributed by atoms with van der Waals surface area (Å²) in [7, 11) is 0. The van der Waals surface area contributed by atoms with E-state index in [1.54, 1.807) is 11.8 Å². The Morgan fingerprint density at radius 1 is 0.889 bits per heavy atom. The Morgan fingerprint density at radius 2 is 1.56 bits per heavy atom. The number of carbonyl (C=O) groups excluding carboxylic acids is 2. The molecule has 1 N–H and O–H groups in total. The standard InChI is InChI=1S/C30H35N3O2S/c1-22-6-5-7-23(20-22)29(35)33-18-16-32(17-19-33)26-12-10-25(11-13-26)31-28(34)21-36-27-14-8-24(9-15-27)30(2,3)4/h5-15,20H,16-19,21H2,1-4H3,(H,31,34). The molecule has 188 valence electrons. The molecule has 0 bridgehead atoms. The summed E-state index contributed by atoms with van der Waals surface area (Å²) in [5.74, 6) is 0.448. The minimum atomic E-state index is -0.0177. The Bertz CT molecular complexity index is 1190. The highest BCUT2D eigenvalue weighted by atomic mass is 32.2. The number of piperazine rings is 1. The average Bonchev–Trinajstić information content (AvgIpc) is 2.87. The molecule has 1 aliphatic heterocycles. The van der Waals surface area contributed by atoms with Gasteiger partial charge in [-0.2, -0.15) is 0 Å². The van der Waals surface area contributed by atoms with Gasteiger partial charge in [0.05, 0.1) is 5.75 Å². The van der Waals surface area contributed by atoms with Gasteiger partial charge in [-0.05, 0) is 66.4 Å². The molecule has 0 radical (unpaired) electrons. The highest BCUT2D eigenvalue weighted by Gasteiger charge is 2.22. The van der Waals surface area contributed by atoms with Crippen molar-refractivity contribution >= 4 is 35.0 Å². The Balaban J connectivity index is 1.24. The second kappa shape index (κ2) is 11.2. The van der Waals surface area contributed by atoms with Crippen molar-refractivity contribution in [1.82, 2.24) is 4.90 Å². The van der Waals surface area contributed by atoms with Crippen LogP contribution in [-0.2, 0) is 10.2 Å². The molecule has 1 heterocycles. The number of nitrogens with zero attached hydrogens (tertiary/aromatic N) is 2. The van der Waals surface area contributed by atoms with Crippen molar-refractivity contribution in [1.29, 1.82) is 0 Å². The molecule has 1 aliphatic rings. The molecule has 1 saturated heterocycles. The normalized spacial score (nSPS) is 14.0. The number of carbonyl (C=O) groups is 2. The van der Waals surface area contributed by atoms with Crippen molar-refractivity contribution in [2.45, 2.75) is 38.0 Å². The second-order valence-corrected chi connectivity index (χ2v) is 11.4. The van der Waals surface area contributed by atoms with Crippen LogP contribution in [0.5, 0.6) is 0 Å². The van der Waals surface area contributed by atoms with Crippen molar-refractivity contribution < 1.29 is 9.59 Å². The first kappa shape index (κ1) is 25.8. The lowest BCUT2D eigenvalue weighted by Gasteiger charge is -2.36. The number of hydrogen-bond donors (Lipinski definition) is 1. The van der Waals surface area contributed by atoms with Gasteiger partial charge in [0.2, 0.25) is 5.91 Å². The fourth-order valence-electron chi connectivity index (χ4n) is 4.28. The molecule has 0 spiro atoms. The van der Waals surface area contributed by atoms with Gasteiger partial charge in [0.15, 0.2) is 0 Å². The molecule has 6 heteroatoms. The third kappa shape index (κ3) is 6.70. The smallest absolute Gasteiger partial charge is 0.253 e. The summed E-state index contributed by atoms with van der Waals surface area (Å²) in [6.07, 6.45) is 0. The Labute approximate surface area is 218 Å². The first-order valence-electron chi connectivity index (χ1n) is 12.4. The van der Waals surface area contributed by atoms with Crippen LogP contribution in [0.4, 0.5) is 11.4 Å². The van der Waals surface area contributed by atoms with Crippen LogP contribution in [0, 0.1) is 6.92 Å². The Kier molecular flexibility index (Phi) is 8.04. The number of amides is 2. The number of rotatable bonds is 6. The number of hydrogen-bond acceptors (Lipinski definition) is 4. The van der Waals surface area contributed by atoms with Crippen molar-refractivity contribution in [2.24, 2.45) is 0 Å². The average molecular weight is 502 g/mol. The molecule has 36 heavy (non-hydrogen) atoms. The molecule has 0 atom stereocenters. The van der Waals surface area contributed by atoms with Crippen LogP contribution in [0.1, 0.15) is 42.3 Å². The zero-order valence-electron chi connectivity index (χ0n) is 21.6. The lowest BCUT2D eigenvalue weighted by molar-refractivity contribution is -0.113. The molecule has 0 aliphatic carbocycles. The number of benzene rings is 3. The lowest BCUT2D eigenvalue weighted by atomic mass is 9.87. The monoisotopic (exact) mass is 501 g/mol. The van der Waals surface area contributed by atoms with Gasteiger partial charge in [-0.1, -0.05) is 50.6 Å². The summed E-state index contributed by atoms with van der Waals surface area (Å²) in [6, 6.07) is 24.2. The van der Waals surface area contributed by atoms with Crippen LogP contribution in [0.15, 0.2) is 77.7 Å². The van der Waals surface area contributed by atoms with Crippen LogP contribution >= 0.6 is 11.8 Å². The van der Waals surface area contributed by atoms with Crippen molar-refractivity contribution in [2.75, 3.05) is 42.1 Å². The van der Waals surface area contributed by atoms with Gasteiger partial charge in [-0.15, -0.1) is 11.8 Å². The third-order valence-electron chi connectivity index (χ3n) is 6.44.